The Morgan fingerprint density at radius 1 is 1.07 bits per heavy atom. The largest absolute Gasteiger partial charge is 0.382 e. The number of hydrogen-bond donors (Lipinski definition) is 1. The lowest BCUT2D eigenvalue weighted by Crippen LogP contribution is -1.95. The maximum absolute atomic E-state index is 5.78. The molecule has 0 atom stereocenters. The number of nitrogen functional groups attached to an aromatic ring is 1. The zero-order chi connectivity index (χ0) is 9.97. The van der Waals surface area contributed by atoms with E-state index in [9.17, 15) is 0 Å². The van der Waals surface area contributed by atoms with E-state index in [0.29, 0.717) is 10.8 Å². The van der Waals surface area contributed by atoms with Gasteiger partial charge in [-0.25, -0.2) is 0 Å². The fourth-order valence-corrected chi connectivity index (χ4v) is 1.34. The van der Waals surface area contributed by atoms with Crippen LogP contribution in [-0.4, -0.2) is 10.2 Å². The predicted molar refractivity (Wildman–Crippen MR) is 56.9 cm³/mol. The normalized spacial score (nSPS) is 10.1. The van der Waals surface area contributed by atoms with E-state index >= 15 is 0 Å². The molecule has 1 aromatic carbocycles. The Bertz CT molecular complexity index is 439. The lowest BCUT2D eigenvalue weighted by Gasteiger charge is -2.02. The van der Waals surface area contributed by atoms with Crippen molar-refractivity contribution in [1.82, 2.24) is 10.2 Å². The van der Waals surface area contributed by atoms with Crippen LogP contribution in [0.3, 0.4) is 0 Å². The quantitative estimate of drug-likeness (QED) is 0.778. The van der Waals surface area contributed by atoms with Gasteiger partial charge in [0.2, 0.25) is 0 Å². The Balaban J connectivity index is 2.50. The first kappa shape index (κ1) is 8.97. The minimum atomic E-state index is 0.426. The summed E-state index contributed by atoms with van der Waals surface area (Å²) in [4.78, 5) is 0. The number of nitrogens with two attached hydrogens (primary N) is 1. The monoisotopic (exact) mass is 205 g/mol. The third-order valence-corrected chi connectivity index (χ3v) is 2.16. The highest BCUT2D eigenvalue weighted by atomic mass is 35.5. The molecule has 1 aromatic heterocycles. The summed E-state index contributed by atoms with van der Waals surface area (Å²) in [6, 6.07) is 9.25. The van der Waals surface area contributed by atoms with Crippen LogP contribution < -0.4 is 5.73 Å². The van der Waals surface area contributed by atoms with Crippen molar-refractivity contribution < 1.29 is 0 Å². The van der Waals surface area contributed by atoms with Crippen LogP contribution in [-0.2, 0) is 0 Å². The molecule has 3 nitrogen and oxygen atoms in total. The number of halogens is 1. The maximum atomic E-state index is 5.78. The first-order valence-corrected chi connectivity index (χ1v) is 4.48. The Morgan fingerprint density at radius 3 is 2.43 bits per heavy atom. The smallest absolute Gasteiger partial charge is 0.153 e. The van der Waals surface area contributed by atoms with E-state index in [2.05, 4.69) is 10.2 Å². The van der Waals surface area contributed by atoms with Crippen molar-refractivity contribution in [2.24, 2.45) is 0 Å². The average molecular weight is 206 g/mol. The SMILES string of the molecule is Nc1nnccc1-c1ccc(Cl)cc1. The minimum absolute atomic E-state index is 0.426. The molecule has 0 fully saturated rings. The lowest BCUT2D eigenvalue weighted by molar-refractivity contribution is 1.04. The molecule has 0 amide bonds. The van der Waals surface area contributed by atoms with Crippen LogP contribution in [0.1, 0.15) is 0 Å². The van der Waals surface area contributed by atoms with Crippen molar-refractivity contribution in [3.63, 3.8) is 0 Å². The fourth-order valence-electron chi connectivity index (χ4n) is 1.22. The van der Waals surface area contributed by atoms with Gasteiger partial charge in [0.25, 0.3) is 0 Å². The number of nitrogens with zero attached hydrogens (tertiary/aromatic N) is 2. The second-order valence-electron chi connectivity index (χ2n) is 2.84. The molecule has 0 spiro atoms. The number of aromatic nitrogens is 2. The second kappa shape index (κ2) is 3.64. The molecule has 0 saturated heterocycles. The van der Waals surface area contributed by atoms with E-state index in [4.69, 9.17) is 17.3 Å². The highest BCUT2D eigenvalue weighted by Crippen LogP contribution is 2.24. The molecule has 0 aliphatic heterocycles. The topological polar surface area (TPSA) is 51.8 Å². The molecule has 70 valence electrons. The highest BCUT2D eigenvalue weighted by molar-refractivity contribution is 6.30. The lowest BCUT2D eigenvalue weighted by atomic mass is 10.1. The Labute approximate surface area is 86.5 Å². The first-order valence-electron chi connectivity index (χ1n) is 4.10. The summed E-state index contributed by atoms with van der Waals surface area (Å²) in [6.07, 6.45) is 1.61. The van der Waals surface area contributed by atoms with Gasteiger partial charge in [0.05, 0.1) is 6.20 Å². The van der Waals surface area contributed by atoms with E-state index in [1.54, 1.807) is 6.20 Å². The van der Waals surface area contributed by atoms with Gasteiger partial charge in [-0.2, -0.15) is 5.10 Å². The van der Waals surface area contributed by atoms with Gasteiger partial charge in [0.1, 0.15) is 0 Å². The zero-order valence-corrected chi connectivity index (χ0v) is 8.07. The summed E-state index contributed by atoms with van der Waals surface area (Å²) < 4.78 is 0. The van der Waals surface area contributed by atoms with Crippen molar-refractivity contribution in [2.45, 2.75) is 0 Å². The third-order valence-electron chi connectivity index (χ3n) is 1.90. The molecule has 2 N–H and O–H groups in total. The van der Waals surface area contributed by atoms with Crippen LogP contribution in [0.25, 0.3) is 11.1 Å². The minimum Gasteiger partial charge on any atom is -0.382 e. The van der Waals surface area contributed by atoms with Crippen LogP contribution in [0.15, 0.2) is 36.5 Å². The number of rotatable bonds is 1. The molecule has 0 unspecified atom stereocenters. The van der Waals surface area contributed by atoms with Crippen molar-refractivity contribution in [3.05, 3.63) is 41.6 Å². The molecular formula is C10H8ClN3. The van der Waals surface area contributed by atoms with E-state index in [0.717, 1.165) is 11.1 Å². The van der Waals surface area contributed by atoms with Gasteiger partial charge in [-0.05, 0) is 23.8 Å². The van der Waals surface area contributed by atoms with Crippen LogP contribution in [0.2, 0.25) is 5.02 Å². The number of anilines is 1. The Kier molecular flexibility index (Phi) is 2.33. The summed E-state index contributed by atoms with van der Waals surface area (Å²) in [5, 5.41) is 8.16. The number of hydrogen-bond acceptors (Lipinski definition) is 3. The van der Waals surface area contributed by atoms with Gasteiger partial charge < -0.3 is 5.73 Å². The fraction of sp³-hybridized carbons (Fsp3) is 0. The van der Waals surface area contributed by atoms with Crippen LogP contribution in [0.5, 0.6) is 0 Å². The molecule has 0 aliphatic rings. The molecule has 4 heteroatoms. The van der Waals surface area contributed by atoms with Gasteiger partial charge in [-0.1, -0.05) is 23.7 Å². The van der Waals surface area contributed by atoms with E-state index < -0.39 is 0 Å². The standard InChI is InChI=1S/C10H8ClN3/c11-8-3-1-7(2-4-8)9-5-6-13-14-10(9)12/h1-6H,(H2,12,14). The van der Waals surface area contributed by atoms with Crippen LogP contribution in [0.4, 0.5) is 5.82 Å². The second-order valence-corrected chi connectivity index (χ2v) is 3.27. The zero-order valence-electron chi connectivity index (χ0n) is 7.31. The number of benzene rings is 1. The Morgan fingerprint density at radius 2 is 1.79 bits per heavy atom. The molecule has 2 rings (SSSR count). The average Bonchev–Trinajstić information content (AvgIpc) is 2.20. The van der Waals surface area contributed by atoms with Crippen molar-refractivity contribution in [1.29, 1.82) is 0 Å². The molecule has 14 heavy (non-hydrogen) atoms. The van der Waals surface area contributed by atoms with Gasteiger partial charge in [0.15, 0.2) is 5.82 Å². The third kappa shape index (κ3) is 1.67. The summed E-state index contributed by atoms with van der Waals surface area (Å²) in [6.45, 7) is 0. The van der Waals surface area contributed by atoms with Gasteiger partial charge in [-0.3, -0.25) is 0 Å². The van der Waals surface area contributed by atoms with Crippen molar-refractivity contribution >= 4 is 17.4 Å². The summed E-state index contributed by atoms with van der Waals surface area (Å²) in [5.74, 6) is 0.426. The van der Waals surface area contributed by atoms with Gasteiger partial charge >= 0.3 is 0 Å². The highest BCUT2D eigenvalue weighted by Gasteiger charge is 2.02. The van der Waals surface area contributed by atoms with Gasteiger partial charge in [0, 0.05) is 10.6 Å². The molecule has 0 bridgehead atoms. The van der Waals surface area contributed by atoms with E-state index in [1.165, 1.54) is 0 Å². The molecule has 0 saturated carbocycles. The summed E-state index contributed by atoms with van der Waals surface area (Å²) in [5.41, 5.74) is 7.54. The first-order chi connectivity index (χ1) is 6.77. The summed E-state index contributed by atoms with van der Waals surface area (Å²) in [7, 11) is 0. The van der Waals surface area contributed by atoms with Crippen LogP contribution >= 0.6 is 11.6 Å². The maximum Gasteiger partial charge on any atom is 0.153 e. The molecular weight excluding hydrogens is 198 g/mol. The predicted octanol–water partition coefficient (Wildman–Crippen LogP) is 2.38. The van der Waals surface area contributed by atoms with E-state index in [1.807, 2.05) is 30.3 Å². The Hall–Kier alpha value is -1.61. The molecule has 0 radical (unpaired) electrons. The van der Waals surface area contributed by atoms with Crippen LogP contribution in [0, 0.1) is 0 Å². The van der Waals surface area contributed by atoms with Gasteiger partial charge in [-0.15, -0.1) is 5.10 Å². The molecule has 0 aliphatic carbocycles. The van der Waals surface area contributed by atoms with E-state index in [-0.39, 0.29) is 0 Å². The molecule has 1 heterocycles. The summed E-state index contributed by atoms with van der Waals surface area (Å²) >= 11 is 5.78. The van der Waals surface area contributed by atoms with Crippen molar-refractivity contribution in [2.75, 3.05) is 5.73 Å². The molecule has 2 aromatic rings. The van der Waals surface area contributed by atoms with Crippen molar-refractivity contribution in [3.8, 4) is 11.1 Å².